The van der Waals surface area contributed by atoms with Crippen molar-refractivity contribution in [1.82, 2.24) is 5.16 Å². The Bertz CT molecular complexity index is 507. The lowest BCUT2D eigenvalue weighted by Crippen LogP contribution is -2.16. The fraction of sp³-hybridized carbons (Fsp3) is 0.100. The Kier molecular flexibility index (Phi) is 3.10. The molecule has 3 nitrogen and oxygen atoms in total. The van der Waals surface area contributed by atoms with Gasteiger partial charge in [0, 0.05) is 11.6 Å². The second-order valence-corrected chi connectivity index (χ2v) is 3.90. The van der Waals surface area contributed by atoms with Gasteiger partial charge in [-0.2, -0.15) is 0 Å². The molecule has 0 unspecified atom stereocenters. The van der Waals surface area contributed by atoms with E-state index in [-0.39, 0.29) is 5.75 Å². The average molecular weight is 308 g/mol. The average Bonchev–Trinajstić information content (AvgIpc) is 2.63. The lowest BCUT2D eigenvalue weighted by molar-refractivity contribution is -0.274. The SMILES string of the molecule is FC(F)(F)Oc1ccc(-c2cc(Br)no2)cc1. The number of hydrogen-bond acceptors (Lipinski definition) is 3. The molecule has 1 heterocycles. The van der Waals surface area contributed by atoms with Crippen LogP contribution in [0.3, 0.4) is 0 Å². The van der Waals surface area contributed by atoms with Crippen molar-refractivity contribution >= 4 is 15.9 Å². The highest BCUT2D eigenvalue weighted by Crippen LogP contribution is 2.27. The Morgan fingerprint density at radius 3 is 2.29 bits per heavy atom. The minimum absolute atomic E-state index is 0.278. The van der Waals surface area contributed by atoms with Gasteiger partial charge < -0.3 is 9.26 Å². The first-order valence-electron chi connectivity index (χ1n) is 4.42. The van der Waals surface area contributed by atoms with Gasteiger partial charge in [-0.3, -0.25) is 0 Å². The second kappa shape index (κ2) is 4.40. The molecule has 0 spiro atoms. The first-order chi connectivity index (χ1) is 7.94. The van der Waals surface area contributed by atoms with Gasteiger partial charge in [-0.25, -0.2) is 0 Å². The summed E-state index contributed by atoms with van der Waals surface area (Å²) >= 11 is 3.11. The van der Waals surface area contributed by atoms with Crippen LogP contribution in [0.2, 0.25) is 0 Å². The number of benzene rings is 1. The molecule has 0 aliphatic heterocycles. The fourth-order valence-electron chi connectivity index (χ4n) is 1.21. The smallest absolute Gasteiger partial charge is 0.406 e. The maximum atomic E-state index is 11.9. The van der Waals surface area contributed by atoms with E-state index >= 15 is 0 Å². The molecule has 2 rings (SSSR count). The van der Waals surface area contributed by atoms with E-state index in [1.807, 2.05) is 0 Å². The van der Waals surface area contributed by atoms with E-state index < -0.39 is 6.36 Å². The Labute approximate surface area is 102 Å². The minimum Gasteiger partial charge on any atom is -0.406 e. The lowest BCUT2D eigenvalue weighted by atomic mass is 10.2. The largest absolute Gasteiger partial charge is 0.573 e. The number of halogens is 4. The monoisotopic (exact) mass is 307 g/mol. The van der Waals surface area contributed by atoms with Gasteiger partial charge in [-0.15, -0.1) is 13.2 Å². The third-order valence-electron chi connectivity index (χ3n) is 1.85. The van der Waals surface area contributed by atoms with Gasteiger partial charge in [-0.05, 0) is 40.2 Å². The third kappa shape index (κ3) is 3.23. The number of rotatable bonds is 2. The van der Waals surface area contributed by atoms with Crippen molar-refractivity contribution in [1.29, 1.82) is 0 Å². The molecule has 1 aromatic carbocycles. The van der Waals surface area contributed by atoms with Crippen molar-refractivity contribution in [3.8, 4) is 17.1 Å². The number of ether oxygens (including phenoxy) is 1. The van der Waals surface area contributed by atoms with E-state index in [2.05, 4.69) is 25.8 Å². The van der Waals surface area contributed by atoms with Crippen molar-refractivity contribution in [2.75, 3.05) is 0 Å². The number of nitrogens with zero attached hydrogens (tertiary/aromatic N) is 1. The molecule has 0 bridgehead atoms. The van der Waals surface area contributed by atoms with Crippen molar-refractivity contribution in [3.05, 3.63) is 34.9 Å². The van der Waals surface area contributed by atoms with Crippen molar-refractivity contribution < 1.29 is 22.4 Å². The van der Waals surface area contributed by atoms with Gasteiger partial charge in [0.05, 0.1) is 0 Å². The molecular weight excluding hydrogens is 303 g/mol. The Hall–Kier alpha value is -1.50. The first-order valence-corrected chi connectivity index (χ1v) is 5.22. The molecule has 0 amide bonds. The molecular formula is C10H5BrF3NO2. The molecule has 0 radical (unpaired) electrons. The molecule has 7 heteroatoms. The Morgan fingerprint density at radius 1 is 1.18 bits per heavy atom. The molecule has 0 saturated carbocycles. The molecule has 0 saturated heterocycles. The second-order valence-electron chi connectivity index (χ2n) is 3.09. The predicted octanol–water partition coefficient (Wildman–Crippen LogP) is 4.00. The van der Waals surface area contributed by atoms with Gasteiger partial charge in [0.1, 0.15) is 10.4 Å². The standard InChI is InChI=1S/C10H5BrF3NO2/c11-9-5-8(17-15-9)6-1-3-7(4-2-6)16-10(12,13)14/h1-5H. The molecule has 90 valence electrons. The molecule has 2 aromatic rings. The number of alkyl halides is 3. The molecule has 0 aliphatic carbocycles. The maximum Gasteiger partial charge on any atom is 0.573 e. The summed E-state index contributed by atoms with van der Waals surface area (Å²) in [6.07, 6.45) is -4.68. The quantitative estimate of drug-likeness (QED) is 0.841. The zero-order chi connectivity index (χ0) is 12.5. The summed E-state index contributed by atoms with van der Waals surface area (Å²) in [7, 11) is 0. The van der Waals surface area contributed by atoms with Crippen LogP contribution in [0.1, 0.15) is 0 Å². The highest BCUT2D eigenvalue weighted by atomic mass is 79.9. The Morgan fingerprint density at radius 2 is 1.82 bits per heavy atom. The van der Waals surface area contributed by atoms with Crippen LogP contribution in [0.15, 0.2) is 39.5 Å². The number of hydrogen-bond donors (Lipinski definition) is 0. The summed E-state index contributed by atoms with van der Waals surface area (Å²) < 4.78 is 44.9. The normalized spacial score (nSPS) is 11.5. The summed E-state index contributed by atoms with van der Waals surface area (Å²) in [6.45, 7) is 0. The van der Waals surface area contributed by atoms with Crippen molar-refractivity contribution in [3.63, 3.8) is 0 Å². The molecule has 0 aliphatic rings. The zero-order valence-corrected chi connectivity index (χ0v) is 9.75. The zero-order valence-electron chi connectivity index (χ0n) is 8.16. The van der Waals surface area contributed by atoms with Crippen LogP contribution < -0.4 is 4.74 Å². The summed E-state index contributed by atoms with van der Waals surface area (Å²) in [5.74, 6) is 0.176. The van der Waals surface area contributed by atoms with E-state index in [9.17, 15) is 13.2 Å². The minimum atomic E-state index is -4.68. The van der Waals surface area contributed by atoms with Gasteiger partial charge >= 0.3 is 6.36 Å². The molecule has 17 heavy (non-hydrogen) atoms. The highest BCUT2D eigenvalue weighted by Gasteiger charge is 2.30. The summed E-state index contributed by atoms with van der Waals surface area (Å²) in [6, 6.07) is 6.93. The number of aromatic nitrogens is 1. The summed E-state index contributed by atoms with van der Waals surface area (Å²) in [4.78, 5) is 0. The van der Waals surface area contributed by atoms with Gasteiger partial charge in [0.25, 0.3) is 0 Å². The lowest BCUT2D eigenvalue weighted by Gasteiger charge is -2.08. The predicted molar refractivity (Wildman–Crippen MR) is 56.3 cm³/mol. The van der Waals surface area contributed by atoms with Crippen LogP contribution in [0.25, 0.3) is 11.3 Å². The summed E-state index contributed by atoms with van der Waals surface area (Å²) in [5.41, 5.74) is 0.609. The van der Waals surface area contributed by atoms with E-state index in [1.165, 1.54) is 24.3 Å². The topological polar surface area (TPSA) is 35.3 Å². The van der Waals surface area contributed by atoms with Crippen LogP contribution in [0.4, 0.5) is 13.2 Å². The maximum absolute atomic E-state index is 11.9. The van der Waals surface area contributed by atoms with Crippen LogP contribution in [-0.4, -0.2) is 11.5 Å². The molecule has 0 N–H and O–H groups in total. The van der Waals surface area contributed by atoms with Crippen LogP contribution >= 0.6 is 15.9 Å². The fourth-order valence-corrected chi connectivity index (χ4v) is 1.49. The third-order valence-corrected chi connectivity index (χ3v) is 2.23. The van der Waals surface area contributed by atoms with Crippen molar-refractivity contribution in [2.45, 2.75) is 6.36 Å². The molecule has 0 atom stereocenters. The van der Waals surface area contributed by atoms with Crippen LogP contribution in [-0.2, 0) is 0 Å². The van der Waals surface area contributed by atoms with Crippen LogP contribution in [0, 0.1) is 0 Å². The van der Waals surface area contributed by atoms with E-state index in [0.29, 0.717) is 15.9 Å². The van der Waals surface area contributed by atoms with Crippen LogP contribution in [0.5, 0.6) is 5.75 Å². The first kappa shape index (κ1) is 12.0. The Balaban J connectivity index is 2.19. The van der Waals surface area contributed by atoms with Crippen molar-refractivity contribution in [2.24, 2.45) is 0 Å². The van der Waals surface area contributed by atoms with Gasteiger partial charge in [-0.1, -0.05) is 5.16 Å². The van der Waals surface area contributed by atoms with E-state index in [1.54, 1.807) is 6.07 Å². The summed E-state index contributed by atoms with van der Waals surface area (Å²) in [5, 5.41) is 3.61. The van der Waals surface area contributed by atoms with E-state index in [4.69, 9.17) is 4.52 Å². The molecule has 0 fully saturated rings. The van der Waals surface area contributed by atoms with Gasteiger partial charge in [0.15, 0.2) is 5.76 Å². The van der Waals surface area contributed by atoms with Gasteiger partial charge in [0.2, 0.25) is 0 Å². The van der Waals surface area contributed by atoms with E-state index in [0.717, 1.165) is 0 Å². The molecule has 1 aromatic heterocycles. The highest BCUT2D eigenvalue weighted by molar-refractivity contribution is 9.10.